The topological polar surface area (TPSA) is 75.6 Å². The third kappa shape index (κ3) is 7.13. The van der Waals surface area contributed by atoms with Crippen LogP contribution in [0.25, 0.3) is 0 Å². The predicted molar refractivity (Wildman–Crippen MR) is 83.5 cm³/mol. The number of amides is 1. The summed E-state index contributed by atoms with van der Waals surface area (Å²) in [5, 5.41) is 11.1. The van der Waals surface area contributed by atoms with Gasteiger partial charge in [0.25, 0.3) is 5.91 Å². The van der Waals surface area contributed by atoms with Crippen molar-refractivity contribution >= 4 is 27.8 Å². The molecule has 0 spiro atoms. The van der Waals surface area contributed by atoms with Gasteiger partial charge in [-0.3, -0.25) is 9.59 Å². The van der Waals surface area contributed by atoms with Gasteiger partial charge in [-0.05, 0) is 46.5 Å². The smallest absolute Gasteiger partial charge is 0.303 e. The largest absolute Gasteiger partial charge is 0.483 e. The number of hydrogen-bond acceptors (Lipinski definition) is 3. The number of carboxylic acids is 1. The fourth-order valence-electron chi connectivity index (χ4n) is 1.77. The molecule has 0 aliphatic rings. The van der Waals surface area contributed by atoms with Crippen molar-refractivity contribution in [2.24, 2.45) is 0 Å². The molecule has 0 saturated carbocycles. The number of carbonyl (C=O) groups is 2. The van der Waals surface area contributed by atoms with Crippen molar-refractivity contribution < 1.29 is 19.4 Å². The second-order valence-corrected chi connectivity index (χ2v) is 5.51. The second-order valence-electron chi connectivity index (χ2n) is 4.65. The minimum Gasteiger partial charge on any atom is -0.483 e. The van der Waals surface area contributed by atoms with Gasteiger partial charge < -0.3 is 15.2 Å². The van der Waals surface area contributed by atoms with Crippen molar-refractivity contribution in [3.05, 3.63) is 28.2 Å². The highest BCUT2D eigenvalue weighted by molar-refractivity contribution is 9.10. The first-order chi connectivity index (χ1) is 10.0. The van der Waals surface area contributed by atoms with Crippen molar-refractivity contribution in [2.45, 2.75) is 32.6 Å². The van der Waals surface area contributed by atoms with Gasteiger partial charge in [0.1, 0.15) is 5.75 Å². The van der Waals surface area contributed by atoms with E-state index in [0.717, 1.165) is 17.3 Å². The normalized spacial score (nSPS) is 10.2. The maximum absolute atomic E-state index is 11.5. The number of nitrogens with one attached hydrogen (secondary N) is 1. The number of hydrogen-bond donors (Lipinski definition) is 2. The highest BCUT2D eigenvalue weighted by Crippen LogP contribution is 2.26. The van der Waals surface area contributed by atoms with Gasteiger partial charge in [0, 0.05) is 13.0 Å². The molecule has 2 N–H and O–H groups in total. The third-order valence-corrected chi connectivity index (χ3v) is 3.40. The van der Waals surface area contributed by atoms with E-state index in [0.29, 0.717) is 18.7 Å². The molecule has 0 bridgehead atoms. The zero-order valence-electron chi connectivity index (χ0n) is 12.0. The zero-order valence-corrected chi connectivity index (χ0v) is 13.6. The minimum atomic E-state index is -0.864. The Bertz CT molecular complexity index is 491. The summed E-state index contributed by atoms with van der Waals surface area (Å²) in [7, 11) is 0. The van der Waals surface area contributed by atoms with Crippen LogP contribution in [0.1, 0.15) is 31.7 Å². The van der Waals surface area contributed by atoms with E-state index in [9.17, 15) is 9.59 Å². The van der Waals surface area contributed by atoms with Crippen LogP contribution < -0.4 is 10.1 Å². The molecule has 0 aliphatic carbocycles. The SMILES string of the molecule is CCCc1ccc(OCC(=O)NCCCC(=O)O)c(Br)c1. The maximum atomic E-state index is 11.5. The quantitative estimate of drug-likeness (QED) is 0.666. The number of ether oxygens (including phenoxy) is 1. The van der Waals surface area contributed by atoms with Crippen LogP contribution in [-0.2, 0) is 16.0 Å². The van der Waals surface area contributed by atoms with Gasteiger partial charge in [-0.1, -0.05) is 19.4 Å². The van der Waals surface area contributed by atoms with E-state index in [1.54, 1.807) is 0 Å². The molecule has 0 aliphatic heterocycles. The fraction of sp³-hybridized carbons (Fsp3) is 0.467. The van der Waals surface area contributed by atoms with E-state index in [-0.39, 0.29) is 18.9 Å². The summed E-state index contributed by atoms with van der Waals surface area (Å²) in [6.07, 6.45) is 2.54. The number of carboxylic acid groups (broad SMARTS) is 1. The Morgan fingerprint density at radius 2 is 2.14 bits per heavy atom. The van der Waals surface area contributed by atoms with Gasteiger partial charge in [0.2, 0.25) is 0 Å². The molecular formula is C15H20BrNO4. The minimum absolute atomic E-state index is 0.0472. The standard InChI is InChI=1S/C15H20BrNO4/c1-2-4-11-6-7-13(12(16)9-11)21-10-14(18)17-8-3-5-15(19)20/h6-7,9H,2-5,8,10H2,1H3,(H,17,18)(H,19,20). The monoisotopic (exact) mass is 357 g/mol. The van der Waals surface area contributed by atoms with E-state index >= 15 is 0 Å². The highest BCUT2D eigenvalue weighted by Gasteiger charge is 2.06. The van der Waals surface area contributed by atoms with Gasteiger partial charge in [0.05, 0.1) is 4.47 Å². The average Bonchev–Trinajstić information content (AvgIpc) is 2.43. The molecule has 0 fully saturated rings. The fourth-order valence-corrected chi connectivity index (χ4v) is 2.31. The van der Waals surface area contributed by atoms with Crippen molar-refractivity contribution in [3.63, 3.8) is 0 Å². The van der Waals surface area contributed by atoms with Crippen molar-refractivity contribution in [1.82, 2.24) is 5.32 Å². The Morgan fingerprint density at radius 3 is 2.76 bits per heavy atom. The lowest BCUT2D eigenvalue weighted by Crippen LogP contribution is -2.30. The lowest BCUT2D eigenvalue weighted by atomic mass is 10.1. The molecular weight excluding hydrogens is 338 g/mol. The summed E-state index contributed by atoms with van der Waals surface area (Å²) in [6.45, 7) is 2.37. The maximum Gasteiger partial charge on any atom is 0.303 e. The Morgan fingerprint density at radius 1 is 1.38 bits per heavy atom. The Labute approximate surface area is 132 Å². The van der Waals surface area contributed by atoms with E-state index in [2.05, 4.69) is 28.2 Å². The van der Waals surface area contributed by atoms with Crippen LogP contribution in [0.5, 0.6) is 5.75 Å². The Kier molecular flexibility index (Phi) is 7.82. The number of halogens is 1. The highest BCUT2D eigenvalue weighted by atomic mass is 79.9. The summed E-state index contributed by atoms with van der Waals surface area (Å²) in [5.41, 5.74) is 1.22. The summed E-state index contributed by atoms with van der Waals surface area (Å²) < 4.78 is 6.26. The lowest BCUT2D eigenvalue weighted by molar-refractivity contribution is -0.137. The van der Waals surface area contributed by atoms with Gasteiger partial charge in [-0.15, -0.1) is 0 Å². The van der Waals surface area contributed by atoms with Crippen LogP contribution in [0.3, 0.4) is 0 Å². The number of benzene rings is 1. The average molecular weight is 358 g/mol. The molecule has 0 unspecified atom stereocenters. The second kappa shape index (κ2) is 9.39. The molecule has 21 heavy (non-hydrogen) atoms. The Hall–Kier alpha value is -1.56. The van der Waals surface area contributed by atoms with Crippen LogP contribution in [-0.4, -0.2) is 30.1 Å². The summed E-state index contributed by atoms with van der Waals surface area (Å²) >= 11 is 3.43. The molecule has 1 rings (SSSR count). The van der Waals surface area contributed by atoms with Crippen molar-refractivity contribution in [2.75, 3.05) is 13.2 Å². The molecule has 1 aromatic carbocycles. The van der Waals surface area contributed by atoms with Crippen molar-refractivity contribution in [1.29, 1.82) is 0 Å². The zero-order chi connectivity index (χ0) is 15.7. The number of aliphatic carboxylic acids is 1. The molecule has 0 saturated heterocycles. The van der Waals surface area contributed by atoms with Crippen LogP contribution in [0, 0.1) is 0 Å². The molecule has 0 atom stereocenters. The van der Waals surface area contributed by atoms with Gasteiger partial charge in [0.15, 0.2) is 6.61 Å². The molecule has 0 radical (unpaired) electrons. The Balaban J connectivity index is 2.34. The molecule has 116 valence electrons. The van der Waals surface area contributed by atoms with Crippen LogP contribution in [0.2, 0.25) is 0 Å². The molecule has 6 heteroatoms. The summed E-state index contributed by atoms with van der Waals surface area (Å²) in [6, 6.07) is 5.81. The molecule has 5 nitrogen and oxygen atoms in total. The molecule has 0 aromatic heterocycles. The first-order valence-corrected chi connectivity index (χ1v) is 7.72. The van der Waals surface area contributed by atoms with Gasteiger partial charge >= 0.3 is 5.97 Å². The predicted octanol–water partition coefficient (Wildman–Crippen LogP) is 2.76. The van der Waals surface area contributed by atoms with Gasteiger partial charge in [-0.25, -0.2) is 0 Å². The van der Waals surface area contributed by atoms with Gasteiger partial charge in [-0.2, -0.15) is 0 Å². The number of rotatable bonds is 9. The van der Waals surface area contributed by atoms with E-state index < -0.39 is 5.97 Å². The number of aryl methyl sites for hydroxylation is 1. The third-order valence-electron chi connectivity index (χ3n) is 2.78. The lowest BCUT2D eigenvalue weighted by Gasteiger charge is -2.10. The molecule has 0 heterocycles. The van der Waals surface area contributed by atoms with Crippen LogP contribution >= 0.6 is 15.9 Å². The number of carbonyl (C=O) groups excluding carboxylic acids is 1. The molecule has 1 amide bonds. The van der Waals surface area contributed by atoms with E-state index in [1.807, 2.05) is 18.2 Å². The van der Waals surface area contributed by atoms with Crippen LogP contribution in [0.15, 0.2) is 22.7 Å². The van der Waals surface area contributed by atoms with Crippen LogP contribution in [0.4, 0.5) is 0 Å². The molecule has 1 aromatic rings. The first kappa shape index (κ1) is 17.5. The van der Waals surface area contributed by atoms with E-state index in [1.165, 1.54) is 5.56 Å². The van der Waals surface area contributed by atoms with Crippen molar-refractivity contribution in [3.8, 4) is 5.75 Å². The summed E-state index contributed by atoms with van der Waals surface area (Å²) in [4.78, 5) is 21.9. The van der Waals surface area contributed by atoms with E-state index in [4.69, 9.17) is 9.84 Å². The first-order valence-electron chi connectivity index (χ1n) is 6.92. The summed E-state index contributed by atoms with van der Waals surface area (Å²) in [5.74, 6) is -0.503.